The number of nitrogens with two attached hydrogens (primary N) is 1. The van der Waals surface area contributed by atoms with Gasteiger partial charge in [-0.05, 0) is 42.6 Å². The van der Waals surface area contributed by atoms with Gasteiger partial charge in [-0.1, -0.05) is 17.5 Å². The number of hydrogen-bond acceptors (Lipinski definition) is 5. The van der Waals surface area contributed by atoms with Crippen molar-refractivity contribution in [2.75, 3.05) is 11.1 Å². The fraction of sp³-hybridized carbons (Fsp3) is 0.250. The van der Waals surface area contributed by atoms with Gasteiger partial charge in [0.05, 0.1) is 17.1 Å². The van der Waals surface area contributed by atoms with Crippen molar-refractivity contribution in [2.24, 2.45) is 0 Å². The zero-order valence-electron chi connectivity index (χ0n) is 10.2. The van der Waals surface area contributed by atoms with E-state index in [-0.39, 0.29) is 5.91 Å². The molecule has 1 amide bonds. The second-order valence-corrected chi connectivity index (χ2v) is 4.70. The number of nitrogens with one attached hydrogen (secondary N) is 1. The number of rotatable bonds is 3. The summed E-state index contributed by atoms with van der Waals surface area (Å²) in [5, 5.41) is 6.71. The number of carbonyl (C=O) groups is 1. The molecule has 0 aliphatic heterocycles. The predicted octanol–water partition coefficient (Wildman–Crippen LogP) is 2.24. The fourth-order valence-electron chi connectivity index (χ4n) is 1.57. The topological polar surface area (TPSA) is 80.9 Å². The van der Waals surface area contributed by atoms with Crippen molar-refractivity contribution in [2.45, 2.75) is 20.3 Å². The summed E-state index contributed by atoms with van der Waals surface area (Å²) < 4.78 is 3.80. The van der Waals surface area contributed by atoms with Crippen LogP contribution in [-0.4, -0.2) is 15.5 Å². The SMILES string of the molecule is CCc1nnsc1C(=O)Nc1cc(C)ccc1N. The number of amides is 1. The van der Waals surface area contributed by atoms with Gasteiger partial charge in [0, 0.05) is 0 Å². The van der Waals surface area contributed by atoms with Crippen LogP contribution in [0.15, 0.2) is 18.2 Å². The molecule has 0 saturated carbocycles. The van der Waals surface area contributed by atoms with E-state index in [0.717, 1.165) is 17.1 Å². The molecule has 0 spiro atoms. The third-order valence-corrected chi connectivity index (χ3v) is 3.32. The first kappa shape index (κ1) is 12.5. The highest BCUT2D eigenvalue weighted by Crippen LogP contribution is 2.21. The molecular formula is C12H14N4OS. The van der Waals surface area contributed by atoms with E-state index in [0.29, 0.717) is 28.4 Å². The summed E-state index contributed by atoms with van der Waals surface area (Å²) in [7, 11) is 0. The van der Waals surface area contributed by atoms with Gasteiger partial charge < -0.3 is 11.1 Å². The van der Waals surface area contributed by atoms with Crippen LogP contribution >= 0.6 is 11.5 Å². The first-order valence-electron chi connectivity index (χ1n) is 5.60. The van der Waals surface area contributed by atoms with Crippen LogP contribution in [-0.2, 0) is 6.42 Å². The first-order chi connectivity index (χ1) is 8.61. The van der Waals surface area contributed by atoms with Crippen molar-refractivity contribution >= 4 is 28.8 Å². The van der Waals surface area contributed by atoms with E-state index in [1.165, 1.54) is 0 Å². The van der Waals surface area contributed by atoms with Crippen molar-refractivity contribution < 1.29 is 4.79 Å². The van der Waals surface area contributed by atoms with E-state index >= 15 is 0 Å². The molecule has 6 heteroatoms. The van der Waals surface area contributed by atoms with Crippen LogP contribution < -0.4 is 11.1 Å². The molecule has 0 bridgehead atoms. The maximum absolute atomic E-state index is 12.1. The Morgan fingerprint density at radius 2 is 2.28 bits per heavy atom. The van der Waals surface area contributed by atoms with Crippen molar-refractivity contribution in [3.05, 3.63) is 34.3 Å². The van der Waals surface area contributed by atoms with Gasteiger partial charge in [0.1, 0.15) is 4.88 Å². The summed E-state index contributed by atoms with van der Waals surface area (Å²) in [4.78, 5) is 12.6. The minimum Gasteiger partial charge on any atom is -0.397 e. The average molecular weight is 262 g/mol. The van der Waals surface area contributed by atoms with Crippen LogP contribution in [0.3, 0.4) is 0 Å². The number of aryl methyl sites for hydroxylation is 2. The Morgan fingerprint density at radius 3 is 3.00 bits per heavy atom. The largest absolute Gasteiger partial charge is 0.397 e. The number of hydrogen-bond donors (Lipinski definition) is 2. The summed E-state index contributed by atoms with van der Waals surface area (Å²) in [6, 6.07) is 5.51. The lowest BCUT2D eigenvalue weighted by atomic mass is 10.2. The van der Waals surface area contributed by atoms with Gasteiger partial charge in [0.15, 0.2) is 0 Å². The minimum atomic E-state index is -0.209. The molecule has 0 fully saturated rings. The number of nitrogens with zero attached hydrogens (tertiary/aromatic N) is 2. The van der Waals surface area contributed by atoms with E-state index in [4.69, 9.17) is 5.73 Å². The standard InChI is InChI=1S/C12H14N4OS/c1-3-9-11(18-16-15-9)12(17)14-10-6-7(2)4-5-8(10)13/h4-6H,3,13H2,1-2H3,(H,14,17). The van der Waals surface area contributed by atoms with Gasteiger partial charge in [-0.2, -0.15) is 0 Å². The van der Waals surface area contributed by atoms with Gasteiger partial charge in [-0.3, -0.25) is 4.79 Å². The zero-order valence-corrected chi connectivity index (χ0v) is 11.0. The normalized spacial score (nSPS) is 10.3. The van der Waals surface area contributed by atoms with Crippen LogP contribution in [0, 0.1) is 6.92 Å². The van der Waals surface area contributed by atoms with E-state index in [9.17, 15) is 4.79 Å². The summed E-state index contributed by atoms with van der Waals surface area (Å²) in [5.74, 6) is -0.209. The molecule has 0 aliphatic rings. The van der Waals surface area contributed by atoms with Crippen molar-refractivity contribution in [3.8, 4) is 0 Å². The Balaban J connectivity index is 2.24. The third-order valence-electron chi connectivity index (χ3n) is 2.55. The molecule has 2 rings (SSSR count). The maximum Gasteiger partial charge on any atom is 0.269 e. The van der Waals surface area contributed by atoms with Gasteiger partial charge in [0.2, 0.25) is 0 Å². The van der Waals surface area contributed by atoms with E-state index in [1.807, 2.05) is 26.0 Å². The van der Waals surface area contributed by atoms with Gasteiger partial charge >= 0.3 is 0 Å². The molecule has 3 N–H and O–H groups in total. The lowest BCUT2D eigenvalue weighted by molar-refractivity contribution is 0.102. The molecule has 0 radical (unpaired) electrons. The molecule has 0 saturated heterocycles. The van der Waals surface area contributed by atoms with Crippen LogP contribution in [0.2, 0.25) is 0 Å². The number of benzene rings is 1. The van der Waals surface area contributed by atoms with Gasteiger partial charge in [-0.25, -0.2) is 0 Å². The number of aromatic nitrogens is 2. The molecule has 1 heterocycles. The Labute approximate surface area is 109 Å². The molecule has 5 nitrogen and oxygen atoms in total. The van der Waals surface area contributed by atoms with Gasteiger partial charge in [-0.15, -0.1) is 5.10 Å². The second kappa shape index (κ2) is 5.14. The highest BCUT2D eigenvalue weighted by atomic mass is 32.1. The Hall–Kier alpha value is -1.95. The molecular weight excluding hydrogens is 248 g/mol. The van der Waals surface area contributed by atoms with Crippen LogP contribution in [0.1, 0.15) is 27.9 Å². The lowest BCUT2D eigenvalue weighted by Crippen LogP contribution is -2.13. The molecule has 0 unspecified atom stereocenters. The first-order valence-corrected chi connectivity index (χ1v) is 6.38. The van der Waals surface area contributed by atoms with Gasteiger partial charge in [0.25, 0.3) is 5.91 Å². The number of anilines is 2. The smallest absolute Gasteiger partial charge is 0.269 e. The average Bonchev–Trinajstić information content (AvgIpc) is 2.82. The number of nitrogen functional groups attached to an aromatic ring is 1. The van der Waals surface area contributed by atoms with E-state index in [1.54, 1.807) is 6.07 Å². The fourth-order valence-corrected chi connectivity index (χ4v) is 2.22. The molecule has 1 aromatic carbocycles. The Kier molecular flexibility index (Phi) is 3.57. The number of carbonyl (C=O) groups excluding carboxylic acids is 1. The van der Waals surface area contributed by atoms with Crippen LogP contribution in [0.25, 0.3) is 0 Å². The molecule has 0 atom stereocenters. The molecule has 0 aliphatic carbocycles. The highest BCUT2D eigenvalue weighted by molar-refractivity contribution is 7.08. The summed E-state index contributed by atoms with van der Waals surface area (Å²) >= 11 is 1.10. The highest BCUT2D eigenvalue weighted by Gasteiger charge is 2.15. The quantitative estimate of drug-likeness (QED) is 0.831. The second-order valence-electron chi connectivity index (χ2n) is 3.95. The molecule has 2 aromatic rings. The molecule has 1 aromatic heterocycles. The summed E-state index contributed by atoms with van der Waals surface area (Å²) in [6.45, 7) is 3.88. The van der Waals surface area contributed by atoms with E-state index in [2.05, 4.69) is 14.9 Å². The Morgan fingerprint density at radius 1 is 1.50 bits per heavy atom. The molecule has 94 valence electrons. The zero-order chi connectivity index (χ0) is 13.1. The maximum atomic E-state index is 12.1. The van der Waals surface area contributed by atoms with E-state index < -0.39 is 0 Å². The van der Waals surface area contributed by atoms with Crippen molar-refractivity contribution in [3.63, 3.8) is 0 Å². The third kappa shape index (κ3) is 2.48. The minimum absolute atomic E-state index is 0.209. The Bertz CT molecular complexity index is 579. The van der Waals surface area contributed by atoms with Crippen molar-refractivity contribution in [1.29, 1.82) is 0 Å². The van der Waals surface area contributed by atoms with Crippen LogP contribution in [0.4, 0.5) is 11.4 Å². The monoisotopic (exact) mass is 262 g/mol. The lowest BCUT2D eigenvalue weighted by Gasteiger charge is -2.08. The van der Waals surface area contributed by atoms with Crippen molar-refractivity contribution in [1.82, 2.24) is 9.59 Å². The molecule has 18 heavy (non-hydrogen) atoms. The summed E-state index contributed by atoms with van der Waals surface area (Å²) in [5.41, 5.74) is 8.74. The van der Waals surface area contributed by atoms with Crippen LogP contribution in [0.5, 0.6) is 0 Å². The summed E-state index contributed by atoms with van der Waals surface area (Å²) in [6.07, 6.45) is 0.683. The predicted molar refractivity (Wildman–Crippen MR) is 72.8 cm³/mol.